The lowest BCUT2D eigenvalue weighted by Crippen LogP contribution is -2.13. The van der Waals surface area contributed by atoms with Crippen molar-refractivity contribution >= 4 is 32.7 Å². The van der Waals surface area contributed by atoms with Gasteiger partial charge in [-0.25, -0.2) is 13.6 Å². The van der Waals surface area contributed by atoms with Crippen LogP contribution in [0.15, 0.2) is 29.2 Å². The highest BCUT2D eigenvalue weighted by molar-refractivity contribution is 7.98. The smallest absolute Gasteiger partial charge is 0.240 e. The fourth-order valence-corrected chi connectivity index (χ4v) is 3.83. The number of aryl methyl sites for hydroxylation is 1. The topological polar surface area (TPSA) is 65.1 Å². The molecule has 6 heteroatoms. The highest BCUT2D eigenvalue weighted by Crippen LogP contribution is 2.29. The maximum atomic E-state index is 11.8. The van der Waals surface area contributed by atoms with Crippen LogP contribution in [-0.4, -0.2) is 25.0 Å². The van der Waals surface area contributed by atoms with E-state index < -0.39 is 10.0 Å². The number of primary sulfonamides is 1. The van der Waals surface area contributed by atoms with Gasteiger partial charge < -0.3 is 4.57 Å². The van der Waals surface area contributed by atoms with Gasteiger partial charge in [0.15, 0.2) is 0 Å². The molecular weight excluding hydrogens is 280 g/mol. The SMILES string of the molecule is CSCCCn1c(C)c(S(N)(=O)=O)c2ccccc21. The molecule has 1 heterocycles. The van der Waals surface area contributed by atoms with Gasteiger partial charge >= 0.3 is 0 Å². The average Bonchev–Trinajstić information content (AvgIpc) is 2.62. The molecule has 0 amide bonds. The standard InChI is InChI=1S/C13H18N2O2S2/c1-10-13(19(14,16)17)11-6-3-4-7-12(11)15(10)8-5-9-18-2/h3-4,6-7H,5,8-9H2,1-2H3,(H2,14,16,17). The molecule has 0 saturated carbocycles. The van der Waals surface area contributed by atoms with Crippen molar-refractivity contribution in [1.29, 1.82) is 0 Å². The lowest BCUT2D eigenvalue weighted by atomic mass is 10.2. The van der Waals surface area contributed by atoms with E-state index in [-0.39, 0.29) is 4.90 Å². The Morgan fingerprint density at radius 3 is 2.63 bits per heavy atom. The molecule has 0 unspecified atom stereocenters. The first-order chi connectivity index (χ1) is 8.96. The third-order valence-electron chi connectivity index (χ3n) is 3.19. The fraction of sp³-hybridized carbons (Fsp3) is 0.385. The molecule has 1 aromatic carbocycles. The quantitative estimate of drug-likeness (QED) is 0.862. The van der Waals surface area contributed by atoms with Crippen LogP contribution in [-0.2, 0) is 16.6 Å². The second kappa shape index (κ2) is 5.56. The summed E-state index contributed by atoms with van der Waals surface area (Å²) in [7, 11) is -3.70. The van der Waals surface area contributed by atoms with Gasteiger partial charge in [-0.3, -0.25) is 0 Å². The summed E-state index contributed by atoms with van der Waals surface area (Å²) < 4.78 is 25.6. The molecule has 2 aromatic rings. The molecule has 0 bridgehead atoms. The number of benzene rings is 1. The van der Waals surface area contributed by atoms with E-state index in [0.29, 0.717) is 5.39 Å². The van der Waals surface area contributed by atoms with Crippen molar-refractivity contribution in [3.63, 3.8) is 0 Å². The number of thioether (sulfide) groups is 1. The zero-order chi connectivity index (χ0) is 14.0. The van der Waals surface area contributed by atoms with Gasteiger partial charge in [-0.1, -0.05) is 18.2 Å². The number of nitrogens with two attached hydrogens (primary N) is 1. The average molecular weight is 298 g/mol. The number of aromatic nitrogens is 1. The van der Waals surface area contributed by atoms with Crippen molar-refractivity contribution < 1.29 is 8.42 Å². The van der Waals surface area contributed by atoms with Crippen LogP contribution < -0.4 is 5.14 Å². The van der Waals surface area contributed by atoms with E-state index in [1.54, 1.807) is 11.8 Å². The van der Waals surface area contributed by atoms with Crippen LogP contribution in [0.1, 0.15) is 12.1 Å². The number of para-hydroxylation sites is 1. The maximum Gasteiger partial charge on any atom is 0.240 e. The first kappa shape index (κ1) is 14.4. The zero-order valence-corrected chi connectivity index (χ0v) is 12.7. The summed E-state index contributed by atoms with van der Waals surface area (Å²) in [4.78, 5) is 0.257. The van der Waals surface area contributed by atoms with E-state index in [1.807, 2.05) is 35.8 Å². The Kier molecular flexibility index (Phi) is 4.23. The Labute approximate surface area is 118 Å². The highest BCUT2D eigenvalue weighted by Gasteiger charge is 2.21. The lowest BCUT2D eigenvalue weighted by Gasteiger charge is -2.07. The number of rotatable bonds is 5. The first-order valence-electron chi connectivity index (χ1n) is 6.06. The number of fused-ring (bicyclic) bond motifs is 1. The van der Waals surface area contributed by atoms with Gasteiger partial charge in [-0.15, -0.1) is 0 Å². The Hall–Kier alpha value is -0.980. The molecule has 0 fully saturated rings. The van der Waals surface area contributed by atoms with Gasteiger partial charge in [0, 0.05) is 23.1 Å². The molecule has 4 nitrogen and oxygen atoms in total. The van der Waals surface area contributed by atoms with Crippen molar-refractivity contribution in [2.45, 2.75) is 24.8 Å². The fourth-order valence-electron chi connectivity index (χ4n) is 2.41. The second-order valence-electron chi connectivity index (χ2n) is 4.47. The number of hydrogen-bond acceptors (Lipinski definition) is 3. The van der Waals surface area contributed by atoms with Crippen LogP contribution in [0.2, 0.25) is 0 Å². The van der Waals surface area contributed by atoms with E-state index in [1.165, 1.54) is 0 Å². The summed E-state index contributed by atoms with van der Waals surface area (Å²) in [6, 6.07) is 7.51. The number of hydrogen-bond donors (Lipinski definition) is 1. The van der Waals surface area contributed by atoms with Crippen LogP contribution in [0.4, 0.5) is 0 Å². The molecule has 0 saturated heterocycles. The molecule has 0 aliphatic heterocycles. The lowest BCUT2D eigenvalue weighted by molar-refractivity contribution is 0.596. The Bertz CT molecular complexity index is 690. The summed E-state index contributed by atoms with van der Waals surface area (Å²) in [6.07, 6.45) is 3.07. The highest BCUT2D eigenvalue weighted by atomic mass is 32.2. The van der Waals surface area contributed by atoms with Crippen LogP contribution in [0, 0.1) is 6.92 Å². The monoisotopic (exact) mass is 298 g/mol. The Morgan fingerprint density at radius 1 is 1.32 bits per heavy atom. The molecule has 2 rings (SSSR count). The maximum absolute atomic E-state index is 11.8. The predicted octanol–water partition coefficient (Wildman–Crippen LogP) is 2.35. The van der Waals surface area contributed by atoms with Crippen molar-refractivity contribution in [2.75, 3.05) is 12.0 Å². The Morgan fingerprint density at radius 2 is 2.00 bits per heavy atom. The van der Waals surface area contributed by atoms with E-state index >= 15 is 0 Å². The van der Waals surface area contributed by atoms with Crippen LogP contribution >= 0.6 is 11.8 Å². The molecule has 1 aromatic heterocycles. The molecule has 0 aliphatic rings. The largest absolute Gasteiger partial charge is 0.343 e. The second-order valence-corrected chi connectivity index (χ2v) is 6.96. The van der Waals surface area contributed by atoms with Gasteiger partial charge in [0.25, 0.3) is 0 Å². The van der Waals surface area contributed by atoms with Gasteiger partial charge in [0.2, 0.25) is 10.0 Å². The summed E-state index contributed by atoms with van der Waals surface area (Å²) in [5.74, 6) is 1.05. The van der Waals surface area contributed by atoms with E-state index in [0.717, 1.165) is 29.9 Å². The van der Waals surface area contributed by atoms with Crippen molar-refractivity contribution in [2.24, 2.45) is 5.14 Å². The molecule has 0 atom stereocenters. The van der Waals surface area contributed by atoms with Crippen molar-refractivity contribution in [1.82, 2.24) is 4.57 Å². The molecule has 0 radical (unpaired) electrons. The summed E-state index contributed by atoms with van der Waals surface area (Å²) >= 11 is 1.79. The van der Waals surface area contributed by atoms with Gasteiger partial charge in [0.1, 0.15) is 4.90 Å². The van der Waals surface area contributed by atoms with Crippen molar-refractivity contribution in [3.8, 4) is 0 Å². The molecule has 2 N–H and O–H groups in total. The van der Waals surface area contributed by atoms with Crippen molar-refractivity contribution in [3.05, 3.63) is 30.0 Å². The van der Waals surface area contributed by atoms with E-state index in [9.17, 15) is 8.42 Å². The van der Waals surface area contributed by atoms with Gasteiger partial charge in [0.05, 0.1) is 0 Å². The van der Waals surface area contributed by atoms with Crippen LogP contribution in [0.25, 0.3) is 10.9 Å². The minimum Gasteiger partial charge on any atom is -0.343 e. The van der Waals surface area contributed by atoms with Crippen LogP contribution in [0.3, 0.4) is 0 Å². The number of nitrogens with zero attached hydrogens (tertiary/aromatic N) is 1. The van der Waals surface area contributed by atoms with E-state index in [4.69, 9.17) is 5.14 Å². The van der Waals surface area contributed by atoms with Gasteiger partial charge in [-0.05, 0) is 31.4 Å². The summed E-state index contributed by atoms with van der Waals surface area (Å²) in [5, 5.41) is 6.06. The summed E-state index contributed by atoms with van der Waals surface area (Å²) in [5.41, 5.74) is 1.66. The normalized spacial score (nSPS) is 12.2. The molecule has 19 heavy (non-hydrogen) atoms. The molecule has 104 valence electrons. The Balaban J connectivity index is 2.61. The molecule has 0 spiro atoms. The zero-order valence-electron chi connectivity index (χ0n) is 11.1. The minimum atomic E-state index is -3.70. The third-order valence-corrected chi connectivity index (χ3v) is 4.97. The first-order valence-corrected chi connectivity index (χ1v) is 9.00. The summed E-state index contributed by atoms with van der Waals surface area (Å²) in [6.45, 7) is 2.63. The predicted molar refractivity (Wildman–Crippen MR) is 81.0 cm³/mol. The van der Waals surface area contributed by atoms with E-state index in [2.05, 4.69) is 6.26 Å². The molecular formula is C13H18N2O2S2. The minimum absolute atomic E-state index is 0.257. The van der Waals surface area contributed by atoms with Gasteiger partial charge in [-0.2, -0.15) is 11.8 Å². The van der Waals surface area contributed by atoms with Crippen LogP contribution in [0.5, 0.6) is 0 Å². The number of sulfonamides is 1. The third kappa shape index (κ3) is 2.80. The molecule has 0 aliphatic carbocycles.